The van der Waals surface area contributed by atoms with Gasteiger partial charge < -0.3 is 4.42 Å². The average Bonchev–Trinajstić information content (AvgIpc) is 1.91. The molecular weight excluding hydrogens is 102 g/mol. The van der Waals surface area contributed by atoms with Crippen molar-refractivity contribution in [1.82, 2.24) is 0 Å². The van der Waals surface area contributed by atoms with Gasteiger partial charge in [-0.2, -0.15) is 8.78 Å². The molecule has 7 heavy (non-hydrogen) atoms. The SMILES string of the molecule is Fc1[c]coc1F. The second-order valence-electron chi connectivity index (χ2n) is 0.968. The predicted molar refractivity (Wildman–Crippen MR) is 17.5 cm³/mol. The molecule has 0 aromatic carbocycles. The standard InChI is InChI=1S/C4HF2O/c5-3-1-2-7-4(3)6/h2H. The molecule has 0 unspecified atom stereocenters. The van der Waals surface area contributed by atoms with Gasteiger partial charge >= 0.3 is 6.01 Å². The minimum absolute atomic E-state index is 0.824. The zero-order valence-corrected chi connectivity index (χ0v) is 3.24. The molecular formula is C4HF2O. The smallest absolute Gasteiger partial charge is 0.314 e. The molecule has 0 bridgehead atoms. The molecule has 0 aliphatic carbocycles. The summed E-state index contributed by atoms with van der Waals surface area (Å²) >= 11 is 0. The third-order valence-electron chi connectivity index (χ3n) is 0.521. The highest BCUT2D eigenvalue weighted by atomic mass is 19.2. The molecule has 3 heteroatoms. The van der Waals surface area contributed by atoms with Crippen molar-refractivity contribution in [2.45, 2.75) is 0 Å². The van der Waals surface area contributed by atoms with E-state index in [1.165, 1.54) is 0 Å². The van der Waals surface area contributed by atoms with E-state index in [-0.39, 0.29) is 0 Å². The minimum Gasteiger partial charge on any atom is -0.437 e. The van der Waals surface area contributed by atoms with E-state index in [1.54, 1.807) is 0 Å². The van der Waals surface area contributed by atoms with E-state index in [9.17, 15) is 8.78 Å². The van der Waals surface area contributed by atoms with Gasteiger partial charge in [-0.3, -0.25) is 0 Å². The Morgan fingerprint density at radius 3 is 2.43 bits per heavy atom. The maximum absolute atomic E-state index is 11.6. The van der Waals surface area contributed by atoms with Crippen molar-refractivity contribution < 1.29 is 13.2 Å². The first kappa shape index (κ1) is 4.30. The van der Waals surface area contributed by atoms with E-state index in [0.717, 1.165) is 6.26 Å². The Morgan fingerprint density at radius 2 is 2.29 bits per heavy atom. The van der Waals surface area contributed by atoms with Gasteiger partial charge in [-0.05, 0) is 0 Å². The van der Waals surface area contributed by atoms with Crippen LogP contribution in [0.25, 0.3) is 0 Å². The molecule has 0 saturated heterocycles. The molecule has 0 atom stereocenters. The van der Waals surface area contributed by atoms with Gasteiger partial charge in [0.1, 0.15) is 6.26 Å². The van der Waals surface area contributed by atoms with Gasteiger partial charge in [0.2, 0.25) is 5.82 Å². The van der Waals surface area contributed by atoms with Crippen molar-refractivity contribution in [3.8, 4) is 0 Å². The maximum atomic E-state index is 11.6. The molecule has 37 valence electrons. The summed E-state index contributed by atoms with van der Waals surface area (Å²) in [6.07, 6.45) is 0.824. The Hall–Kier alpha value is -0.860. The normalized spacial score (nSPS) is 9.43. The van der Waals surface area contributed by atoms with Crippen LogP contribution >= 0.6 is 0 Å². The first-order valence-electron chi connectivity index (χ1n) is 1.61. The molecule has 0 fully saturated rings. The Balaban J connectivity index is 3.12. The molecule has 1 heterocycles. The van der Waals surface area contributed by atoms with Crippen molar-refractivity contribution in [2.24, 2.45) is 0 Å². The predicted octanol–water partition coefficient (Wildman–Crippen LogP) is 1.36. The van der Waals surface area contributed by atoms with E-state index in [1.807, 2.05) is 6.07 Å². The molecule has 0 saturated carbocycles. The Labute approximate surface area is 38.6 Å². The van der Waals surface area contributed by atoms with E-state index < -0.39 is 11.8 Å². The summed E-state index contributed by atoms with van der Waals surface area (Å²) in [5.74, 6) is -1.07. The van der Waals surface area contributed by atoms with Gasteiger partial charge in [-0.25, -0.2) is 0 Å². The van der Waals surface area contributed by atoms with Crippen molar-refractivity contribution in [3.63, 3.8) is 0 Å². The summed E-state index contributed by atoms with van der Waals surface area (Å²) in [7, 11) is 0. The van der Waals surface area contributed by atoms with Crippen LogP contribution < -0.4 is 0 Å². The number of hydrogen-bond acceptors (Lipinski definition) is 1. The monoisotopic (exact) mass is 103 g/mol. The van der Waals surface area contributed by atoms with Gasteiger partial charge in [0.15, 0.2) is 0 Å². The van der Waals surface area contributed by atoms with Crippen LogP contribution in [0.4, 0.5) is 8.78 Å². The van der Waals surface area contributed by atoms with Crippen LogP contribution in [0.3, 0.4) is 0 Å². The minimum atomic E-state index is -1.21. The molecule has 0 aliphatic rings. The van der Waals surface area contributed by atoms with Crippen molar-refractivity contribution >= 4 is 0 Å². The van der Waals surface area contributed by atoms with E-state index >= 15 is 0 Å². The molecule has 1 aromatic rings. The molecule has 1 nitrogen and oxygen atoms in total. The first-order chi connectivity index (χ1) is 3.30. The molecule has 0 spiro atoms. The number of furan rings is 1. The van der Waals surface area contributed by atoms with Crippen molar-refractivity contribution in [1.29, 1.82) is 0 Å². The lowest BCUT2D eigenvalue weighted by atomic mass is 10.6. The third kappa shape index (κ3) is 0.607. The lowest BCUT2D eigenvalue weighted by molar-refractivity contribution is 0.326. The van der Waals surface area contributed by atoms with Gasteiger partial charge in [0, 0.05) is 0 Å². The summed E-state index contributed by atoms with van der Waals surface area (Å²) in [6.45, 7) is 0. The molecule has 1 aromatic heterocycles. The third-order valence-corrected chi connectivity index (χ3v) is 0.521. The summed E-state index contributed by atoms with van der Waals surface area (Å²) in [6, 6.07) is 0.652. The van der Waals surface area contributed by atoms with Crippen molar-refractivity contribution in [3.05, 3.63) is 24.2 Å². The highest BCUT2D eigenvalue weighted by molar-refractivity contribution is 4.85. The maximum Gasteiger partial charge on any atom is 0.314 e. The fourth-order valence-corrected chi connectivity index (χ4v) is 0.241. The van der Waals surface area contributed by atoms with Gasteiger partial charge in [0.25, 0.3) is 0 Å². The second-order valence-corrected chi connectivity index (χ2v) is 0.968. The average molecular weight is 103 g/mol. The summed E-state index contributed by atoms with van der Waals surface area (Å²) in [5, 5.41) is 0. The quantitative estimate of drug-likeness (QED) is 0.483. The van der Waals surface area contributed by atoms with Crippen molar-refractivity contribution in [2.75, 3.05) is 0 Å². The zero-order valence-electron chi connectivity index (χ0n) is 3.24. The largest absolute Gasteiger partial charge is 0.437 e. The van der Waals surface area contributed by atoms with E-state index in [2.05, 4.69) is 4.42 Å². The van der Waals surface area contributed by atoms with Crippen LogP contribution in [0.15, 0.2) is 10.7 Å². The van der Waals surface area contributed by atoms with Crippen LogP contribution in [-0.2, 0) is 0 Å². The first-order valence-corrected chi connectivity index (χ1v) is 1.61. The Kier molecular flexibility index (Phi) is 0.817. The van der Waals surface area contributed by atoms with Crippen LogP contribution in [0.5, 0.6) is 0 Å². The molecule has 0 amide bonds. The highest BCUT2D eigenvalue weighted by Crippen LogP contribution is 2.02. The van der Waals surface area contributed by atoms with Crippen LogP contribution in [0.2, 0.25) is 0 Å². The second kappa shape index (κ2) is 1.33. The summed E-state index contributed by atoms with van der Waals surface area (Å²) < 4.78 is 26.9. The fourth-order valence-electron chi connectivity index (χ4n) is 0.241. The number of rotatable bonds is 0. The van der Waals surface area contributed by atoms with Crippen LogP contribution in [0, 0.1) is 17.9 Å². The molecule has 0 N–H and O–H groups in total. The highest BCUT2D eigenvalue weighted by Gasteiger charge is 2.00. The topological polar surface area (TPSA) is 13.1 Å². The fraction of sp³-hybridized carbons (Fsp3) is 0. The summed E-state index contributed by atoms with van der Waals surface area (Å²) in [5.41, 5.74) is 0. The number of hydrogen-bond donors (Lipinski definition) is 0. The van der Waals surface area contributed by atoms with Crippen LogP contribution in [0.1, 0.15) is 0 Å². The molecule has 1 rings (SSSR count). The zero-order chi connectivity index (χ0) is 5.28. The van der Waals surface area contributed by atoms with Gasteiger partial charge in [-0.1, -0.05) is 0 Å². The van der Waals surface area contributed by atoms with E-state index in [4.69, 9.17) is 0 Å². The number of halogens is 2. The summed E-state index contributed by atoms with van der Waals surface area (Å²) in [4.78, 5) is 0. The Bertz CT molecular complexity index is 142. The lowest BCUT2D eigenvalue weighted by Gasteiger charge is -1.69. The lowest BCUT2D eigenvalue weighted by Crippen LogP contribution is -1.67. The van der Waals surface area contributed by atoms with Crippen LogP contribution in [-0.4, -0.2) is 0 Å². The van der Waals surface area contributed by atoms with Gasteiger partial charge in [0.05, 0.1) is 6.07 Å². The molecule has 1 radical (unpaired) electrons. The Morgan fingerprint density at radius 1 is 1.57 bits per heavy atom. The molecule has 0 aliphatic heterocycles. The van der Waals surface area contributed by atoms with E-state index in [0.29, 0.717) is 0 Å². The van der Waals surface area contributed by atoms with Gasteiger partial charge in [-0.15, -0.1) is 0 Å².